The quantitative estimate of drug-likeness (QED) is 0.623. The van der Waals surface area contributed by atoms with Crippen LogP contribution in [-0.2, 0) is 19.1 Å². The Hall–Kier alpha value is -2.37. The van der Waals surface area contributed by atoms with Crippen LogP contribution in [0.25, 0.3) is 0 Å². The summed E-state index contributed by atoms with van der Waals surface area (Å²) in [7, 11) is 1.26. The average molecular weight is 290 g/mol. The molecule has 2 unspecified atom stereocenters. The fourth-order valence-electron chi connectivity index (χ4n) is 2.16. The number of esters is 1. The number of benzene rings is 1. The van der Waals surface area contributed by atoms with E-state index in [1.54, 1.807) is 0 Å². The number of carbonyl (C=O) groups is 3. The van der Waals surface area contributed by atoms with E-state index in [1.807, 2.05) is 30.3 Å². The normalized spacial score (nSPS) is 19.5. The fourth-order valence-corrected chi connectivity index (χ4v) is 2.16. The van der Waals surface area contributed by atoms with Gasteiger partial charge in [-0.15, -0.1) is 0 Å². The van der Waals surface area contributed by atoms with Gasteiger partial charge in [-0.1, -0.05) is 30.3 Å². The van der Waals surface area contributed by atoms with Gasteiger partial charge in [0.1, 0.15) is 0 Å². The number of hydrazine groups is 1. The average Bonchev–Trinajstić information content (AvgIpc) is 3.31. The Labute approximate surface area is 122 Å². The first-order chi connectivity index (χ1) is 10.1. The molecule has 1 aromatic carbocycles. The molecule has 0 saturated heterocycles. The molecule has 21 heavy (non-hydrogen) atoms. The zero-order valence-corrected chi connectivity index (χ0v) is 11.8. The van der Waals surface area contributed by atoms with Crippen molar-refractivity contribution in [3.63, 3.8) is 0 Å². The minimum atomic E-state index is -0.456. The third-order valence-corrected chi connectivity index (χ3v) is 3.46. The molecule has 6 nitrogen and oxygen atoms in total. The summed E-state index contributed by atoms with van der Waals surface area (Å²) in [6.07, 6.45) is 0.766. The summed E-state index contributed by atoms with van der Waals surface area (Å²) < 4.78 is 4.43. The van der Waals surface area contributed by atoms with E-state index in [1.165, 1.54) is 7.11 Å². The molecule has 2 rings (SSSR count). The smallest absolute Gasteiger partial charge is 0.306 e. The highest BCUT2D eigenvalue weighted by molar-refractivity contribution is 5.87. The first-order valence-electron chi connectivity index (χ1n) is 6.82. The van der Waals surface area contributed by atoms with Crippen molar-refractivity contribution in [2.24, 2.45) is 5.92 Å². The van der Waals surface area contributed by atoms with Gasteiger partial charge in [0.25, 0.3) is 0 Å². The third kappa shape index (κ3) is 4.30. The van der Waals surface area contributed by atoms with Crippen molar-refractivity contribution < 1.29 is 19.1 Å². The maximum Gasteiger partial charge on any atom is 0.306 e. The number of methoxy groups -OCH3 is 1. The minimum absolute atomic E-state index is 0.00568. The van der Waals surface area contributed by atoms with Crippen molar-refractivity contribution in [1.29, 1.82) is 0 Å². The third-order valence-electron chi connectivity index (χ3n) is 3.46. The van der Waals surface area contributed by atoms with Gasteiger partial charge >= 0.3 is 5.97 Å². The van der Waals surface area contributed by atoms with E-state index >= 15 is 0 Å². The lowest BCUT2D eigenvalue weighted by Gasteiger charge is -2.07. The molecule has 1 fully saturated rings. The summed E-state index contributed by atoms with van der Waals surface area (Å²) in [6.45, 7) is 0. The molecule has 1 aromatic rings. The van der Waals surface area contributed by atoms with Gasteiger partial charge in [0, 0.05) is 12.3 Å². The van der Waals surface area contributed by atoms with Crippen molar-refractivity contribution >= 4 is 17.8 Å². The maximum atomic E-state index is 11.9. The van der Waals surface area contributed by atoms with Crippen LogP contribution >= 0.6 is 0 Å². The molecule has 2 atom stereocenters. The second-order valence-corrected chi connectivity index (χ2v) is 4.97. The van der Waals surface area contributed by atoms with Crippen LogP contribution in [0.3, 0.4) is 0 Å². The molecule has 1 aliphatic rings. The lowest BCUT2D eigenvalue weighted by Crippen LogP contribution is -2.42. The standard InChI is InChI=1S/C15H18N2O4/c1-21-14(19)8-7-13(18)16-17-15(20)12-9-11(12)10-5-3-2-4-6-10/h2-6,11-12H,7-9H2,1H3,(H,16,18)(H,17,20). The number of amides is 2. The van der Waals surface area contributed by atoms with Gasteiger partial charge in [-0.25, -0.2) is 0 Å². The highest BCUT2D eigenvalue weighted by Gasteiger charge is 2.43. The summed E-state index contributed by atoms with van der Waals surface area (Å²) in [6, 6.07) is 9.80. The molecule has 2 N–H and O–H groups in total. The Kier molecular flexibility index (Phi) is 4.92. The van der Waals surface area contributed by atoms with Gasteiger partial charge in [-0.2, -0.15) is 0 Å². The van der Waals surface area contributed by atoms with Crippen molar-refractivity contribution in [2.75, 3.05) is 7.11 Å². The summed E-state index contributed by atoms with van der Waals surface area (Å²) >= 11 is 0. The molecule has 1 aliphatic carbocycles. The topological polar surface area (TPSA) is 84.5 Å². The largest absolute Gasteiger partial charge is 0.469 e. The van der Waals surface area contributed by atoms with E-state index in [0.717, 1.165) is 12.0 Å². The van der Waals surface area contributed by atoms with Crippen LogP contribution in [-0.4, -0.2) is 24.9 Å². The molecule has 0 radical (unpaired) electrons. The van der Waals surface area contributed by atoms with Gasteiger partial charge in [-0.3, -0.25) is 25.2 Å². The van der Waals surface area contributed by atoms with Crippen LogP contribution in [0.5, 0.6) is 0 Å². The predicted octanol–water partition coefficient (Wildman–Crippen LogP) is 0.891. The Morgan fingerprint density at radius 1 is 1.14 bits per heavy atom. The van der Waals surface area contributed by atoms with Gasteiger partial charge in [-0.05, 0) is 17.9 Å². The number of carbonyl (C=O) groups excluding carboxylic acids is 3. The van der Waals surface area contributed by atoms with Crippen LogP contribution in [0.2, 0.25) is 0 Å². The van der Waals surface area contributed by atoms with Crippen molar-refractivity contribution in [1.82, 2.24) is 10.9 Å². The molecular formula is C15H18N2O4. The summed E-state index contributed by atoms with van der Waals surface area (Å²) in [5.74, 6) is -0.949. The van der Waals surface area contributed by atoms with Crippen molar-refractivity contribution in [2.45, 2.75) is 25.2 Å². The van der Waals surface area contributed by atoms with Crippen molar-refractivity contribution in [3.8, 4) is 0 Å². The Morgan fingerprint density at radius 2 is 1.86 bits per heavy atom. The molecule has 1 saturated carbocycles. The van der Waals surface area contributed by atoms with E-state index < -0.39 is 11.9 Å². The number of hydrogen-bond donors (Lipinski definition) is 2. The van der Waals surface area contributed by atoms with Gasteiger partial charge in [0.05, 0.1) is 13.5 Å². The van der Waals surface area contributed by atoms with E-state index in [9.17, 15) is 14.4 Å². The van der Waals surface area contributed by atoms with Crippen LogP contribution in [0, 0.1) is 5.92 Å². The van der Waals surface area contributed by atoms with Gasteiger partial charge < -0.3 is 4.74 Å². The number of rotatable bonds is 5. The van der Waals surface area contributed by atoms with Crippen LogP contribution in [0.1, 0.15) is 30.7 Å². The first kappa shape index (κ1) is 15.0. The number of hydrogen-bond acceptors (Lipinski definition) is 4. The lowest BCUT2D eigenvalue weighted by atomic mass is 10.1. The zero-order valence-electron chi connectivity index (χ0n) is 11.8. The summed E-state index contributed by atoms with van der Waals surface area (Å²) in [5.41, 5.74) is 5.84. The molecule has 6 heteroatoms. The van der Waals surface area contributed by atoms with Gasteiger partial charge in [0.15, 0.2) is 0 Å². The van der Waals surface area contributed by atoms with E-state index in [4.69, 9.17) is 0 Å². The van der Waals surface area contributed by atoms with E-state index in [0.29, 0.717) is 0 Å². The molecule has 2 amide bonds. The van der Waals surface area contributed by atoms with Gasteiger partial charge in [0.2, 0.25) is 11.8 Å². The Morgan fingerprint density at radius 3 is 2.52 bits per heavy atom. The summed E-state index contributed by atoms with van der Waals surface area (Å²) in [5, 5.41) is 0. The molecule has 0 heterocycles. The maximum absolute atomic E-state index is 11.9. The van der Waals surface area contributed by atoms with E-state index in [2.05, 4.69) is 15.6 Å². The Bertz CT molecular complexity index is 530. The molecule has 0 aliphatic heterocycles. The summed E-state index contributed by atoms with van der Waals surface area (Å²) in [4.78, 5) is 34.2. The molecular weight excluding hydrogens is 272 g/mol. The number of ether oxygens (including phenoxy) is 1. The van der Waals surface area contributed by atoms with Crippen LogP contribution in [0.15, 0.2) is 30.3 Å². The van der Waals surface area contributed by atoms with Crippen molar-refractivity contribution in [3.05, 3.63) is 35.9 Å². The zero-order chi connectivity index (χ0) is 15.2. The second kappa shape index (κ2) is 6.88. The minimum Gasteiger partial charge on any atom is -0.469 e. The molecule has 0 spiro atoms. The van der Waals surface area contributed by atoms with E-state index in [-0.39, 0.29) is 30.6 Å². The Balaban J connectivity index is 1.69. The lowest BCUT2D eigenvalue weighted by molar-refractivity contribution is -0.142. The number of nitrogens with one attached hydrogen (secondary N) is 2. The molecule has 0 aromatic heterocycles. The van der Waals surface area contributed by atoms with Crippen LogP contribution < -0.4 is 10.9 Å². The fraction of sp³-hybridized carbons (Fsp3) is 0.400. The monoisotopic (exact) mass is 290 g/mol. The SMILES string of the molecule is COC(=O)CCC(=O)NNC(=O)C1CC1c1ccccc1. The van der Waals surface area contributed by atoms with Crippen LogP contribution in [0.4, 0.5) is 0 Å². The molecule has 0 bridgehead atoms. The predicted molar refractivity (Wildman–Crippen MR) is 74.8 cm³/mol. The highest BCUT2D eigenvalue weighted by Crippen LogP contribution is 2.47. The molecule has 112 valence electrons. The first-order valence-corrected chi connectivity index (χ1v) is 6.82. The second-order valence-electron chi connectivity index (χ2n) is 4.97. The highest BCUT2D eigenvalue weighted by atomic mass is 16.5.